The van der Waals surface area contributed by atoms with Crippen molar-refractivity contribution in [3.8, 4) is 0 Å². The predicted octanol–water partition coefficient (Wildman–Crippen LogP) is -0.541. The van der Waals surface area contributed by atoms with Gasteiger partial charge in [0.15, 0.2) is 5.96 Å². The third-order valence-electron chi connectivity index (χ3n) is 5.57. The molecule has 0 aliphatic heterocycles. The Morgan fingerprint density at radius 2 is 1.42 bits per heavy atom. The Labute approximate surface area is 222 Å². The van der Waals surface area contributed by atoms with Crippen LogP contribution < -0.4 is 33.2 Å². The lowest BCUT2D eigenvalue weighted by Gasteiger charge is -2.26. The molecular weight excluding hydrogens is 506 g/mol. The van der Waals surface area contributed by atoms with Gasteiger partial charge in [0.05, 0.1) is 6.04 Å². The summed E-state index contributed by atoms with van der Waals surface area (Å²) >= 11 is 3.04. The van der Waals surface area contributed by atoms with Gasteiger partial charge in [-0.3, -0.25) is 19.4 Å². The Morgan fingerprint density at radius 3 is 1.94 bits per heavy atom. The van der Waals surface area contributed by atoms with E-state index in [1.54, 1.807) is 18.7 Å². The number of aliphatic imine (C=N–C) groups is 1. The summed E-state index contributed by atoms with van der Waals surface area (Å²) in [5, 5.41) is 17.4. The first-order chi connectivity index (χ1) is 17.0. The van der Waals surface area contributed by atoms with Crippen LogP contribution in [0.4, 0.5) is 0 Å². The maximum absolute atomic E-state index is 13.2. The van der Waals surface area contributed by atoms with E-state index in [2.05, 4.69) is 20.9 Å². The zero-order chi connectivity index (χ0) is 27.7. The number of carbonyl (C=O) groups is 4. The fourth-order valence-electron chi connectivity index (χ4n) is 3.14. The fourth-order valence-corrected chi connectivity index (χ4v) is 4.10. The number of thioether (sulfide) groups is 2. The summed E-state index contributed by atoms with van der Waals surface area (Å²) in [4.78, 5) is 54.3. The van der Waals surface area contributed by atoms with Gasteiger partial charge in [-0.05, 0) is 55.6 Å². The summed E-state index contributed by atoms with van der Waals surface area (Å²) in [5.41, 5.74) is 16.6. The second-order valence-electron chi connectivity index (χ2n) is 8.45. The molecule has 36 heavy (non-hydrogen) atoms. The Kier molecular flexibility index (Phi) is 17.8. The maximum Gasteiger partial charge on any atom is 0.326 e. The average Bonchev–Trinajstić information content (AvgIpc) is 2.83. The zero-order valence-electron chi connectivity index (χ0n) is 21.6. The quantitative estimate of drug-likeness (QED) is 0.0620. The number of nitrogens with zero attached hydrogens (tertiary/aromatic N) is 1. The first-order valence-corrected chi connectivity index (χ1v) is 14.7. The number of nitrogens with two attached hydrogens (primary N) is 3. The monoisotopic (exact) mass is 549 g/mol. The molecule has 12 nitrogen and oxygen atoms in total. The number of rotatable bonds is 19. The minimum absolute atomic E-state index is 0.0813. The Balaban J connectivity index is 5.57. The Morgan fingerprint density at radius 1 is 0.889 bits per heavy atom. The molecule has 0 aromatic carbocycles. The largest absolute Gasteiger partial charge is 0.480 e. The van der Waals surface area contributed by atoms with E-state index < -0.39 is 47.9 Å². The summed E-state index contributed by atoms with van der Waals surface area (Å²) < 4.78 is 0. The van der Waals surface area contributed by atoms with Crippen molar-refractivity contribution in [2.75, 3.05) is 30.6 Å². The molecule has 0 rings (SSSR count). The average molecular weight is 550 g/mol. The lowest BCUT2D eigenvalue weighted by atomic mass is 9.98. The molecule has 5 atom stereocenters. The highest BCUT2D eigenvalue weighted by molar-refractivity contribution is 7.98. The normalized spacial score (nSPS) is 15.0. The molecular formula is C22H43N7O5S2. The van der Waals surface area contributed by atoms with Gasteiger partial charge in [-0.25, -0.2) is 4.79 Å². The van der Waals surface area contributed by atoms with Crippen molar-refractivity contribution in [1.82, 2.24) is 16.0 Å². The third kappa shape index (κ3) is 13.8. The molecule has 5 unspecified atom stereocenters. The van der Waals surface area contributed by atoms with Gasteiger partial charge in [-0.2, -0.15) is 23.5 Å². The molecule has 10 N–H and O–H groups in total. The summed E-state index contributed by atoms with van der Waals surface area (Å²) in [6.45, 7) is 3.82. The number of amides is 3. The van der Waals surface area contributed by atoms with Crippen LogP contribution in [0.1, 0.15) is 46.0 Å². The number of carboxylic acids is 1. The minimum atomic E-state index is -1.14. The smallest absolute Gasteiger partial charge is 0.326 e. The minimum Gasteiger partial charge on any atom is -0.480 e. The lowest BCUT2D eigenvalue weighted by molar-refractivity contribution is -0.143. The van der Waals surface area contributed by atoms with Crippen LogP contribution in [-0.4, -0.2) is 89.5 Å². The highest BCUT2D eigenvalue weighted by Gasteiger charge is 2.31. The van der Waals surface area contributed by atoms with Crippen molar-refractivity contribution >= 4 is 53.2 Å². The Bertz CT molecular complexity index is 738. The first kappa shape index (κ1) is 33.8. The molecule has 0 aromatic rings. The van der Waals surface area contributed by atoms with Gasteiger partial charge in [0.2, 0.25) is 17.7 Å². The van der Waals surface area contributed by atoms with Gasteiger partial charge in [-0.15, -0.1) is 0 Å². The van der Waals surface area contributed by atoms with Gasteiger partial charge in [0, 0.05) is 6.54 Å². The number of hydrogen-bond donors (Lipinski definition) is 7. The van der Waals surface area contributed by atoms with Crippen LogP contribution in [0.15, 0.2) is 4.99 Å². The van der Waals surface area contributed by atoms with Crippen molar-refractivity contribution in [1.29, 1.82) is 0 Å². The van der Waals surface area contributed by atoms with E-state index in [4.69, 9.17) is 17.2 Å². The molecule has 0 fully saturated rings. The van der Waals surface area contributed by atoms with Gasteiger partial charge < -0.3 is 38.3 Å². The first-order valence-electron chi connectivity index (χ1n) is 11.9. The molecule has 0 aliphatic rings. The van der Waals surface area contributed by atoms with E-state index in [0.29, 0.717) is 30.8 Å². The number of carbonyl (C=O) groups excluding carboxylic acids is 3. The van der Waals surface area contributed by atoms with Crippen LogP contribution in [-0.2, 0) is 19.2 Å². The van der Waals surface area contributed by atoms with Crippen LogP contribution >= 0.6 is 23.5 Å². The van der Waals surface area contributed by atoms with Crippen LogP contribution in [0, 0.1) is 5.92 Å². The third-order valence-corrected chi connectivity index (χ3v) is 6.86. The number of carboxylic acid groups (broad SMARTS) is 1. The molecule has 3 amide bonds. The number of aliphatic carboxylic acids is 1. The molecule has 0 aromatic heterocycles. The predicted molar refractivity (Wildman–Crippen MR) is 147 cm³/mol. The zero-order valence-corrected chi connectivity index (χ0v) is 23.3. The fraction of sp³-hybridized carbons (Fsp3) is 0.773. The van der Waals surface area contributed by atoms with Crippen LogP contribution in [0.2, 0.25) is 0 Å². The second-order valence-corrected chi connectivity index (χ2v) is 10.4. The topological polar surface area (TPSA) is 215 Å². The van der Waals surface area contributed by atoms with E-state index in [-0.39, 0.29) is 31.3 Å². The standard InChI is InChI=1S/C22H43N7O5S2/c1-5-13(2)17(21(33)34)29-20(32)16(9-12-36-4)28-19(31)15(7-6-10-26-22(24)25)27-18(30)14(23)8-11-35-3/h13-17H,5-12,23H2,1-4H3,(H,27,30)(H,28,31)(H,29,32)(H,33,34)(H4,24,25,26). The molecule has 0 aliphatic carbocycles. The van der Waals surface area contributed by atoms with Crippen molar-refractivity contribution < 1.29 is 24.3 Å². The second kappa shape index (κ2) is 19.0. The SMILES string of the molecule is CCC(C)C(NC(=O)C(CCSC)NC(=O)C(CCCN=C(N)N)NC(=O)C(N)CCSC)C(=O)O. The highest BCUT2D eigenvalue weighted by atomic mass is 32.2. The van der Waals surface area contributed by atoms with E-state index in [0.717, 1.165) is 0 Å². The van der Waals surface area contributed by atoms with Crippen molar-refractivity contribution in [2.45, 2.75) is 70.1 Å². The molecule has 0 spiro atoms. The highest BCUT2D eigenvalue weighted by Crippen LogP contribution is 2.10. The molecule has 208 valence electrons. The van der Waals surface area contributed by atoms with E-state index in [1.807, 2.05) is 19.4 Å². The molecule has 0 radical (unpaired) electrons. The lowest BCUT2D eigenvalue weighted by Crippen LogP contribution is -2.57. The van der Waals surface area contributed by atoms with Crippen molar-refractivity contribution in [2.24, 2.45) is 28.1 Å². The van der Waals surface area contributed by atoms with Crippen molar-refractivity contribution in [3.05, 3.63) is 0 Å². The Hall–Kier alpha value is -2.19. The summed E-state index contributed by atoms with van der Waals surface area (Å²) in [7, 11) is 0. The molecule has 14 heteroatoms. The van der Waals surface area contributed by atoms with Gasteiger partial charge in [0.25, 0.3) is 0 Å². The van der Waals surface area contributed by atoms with E-state index in [1.165, 1.54) is 11.8 Å². The van der Waals surface area contributed by atoms with Crippen LogP contribution in [0.5, 0.6) is 0 Å². The van der Waals surface area contributed by atoms with Gasteiger partial charge in [0.1, 0.15) is 18.1 Å². The molecule has 0 saturated heterocycles. The number of guanidine groups is 1. The number of nitrogens with one attached hydrogen (secondary N) is 3. The summed E-state index contributed by atoms with van der Waals surface area (Å²) in [6.07, 6.45) is 5.66. The van der Waals surface area contributed by atoms with Crippen molar-refractivity contribution in [3.63, 3.8) is 0 Å². The van der Waals surface area contributed by atoms with E-state index >= 15 is 0 Å². The molecule has 0 saturated carbocycles. The van der Waals surface area contributed by atoms with Crippen LogP contribution in [0.3, 0.4) is 0 Å². The summed E-state index contributed by atoms with van der Waals surface area (Å²) in [5.74, 6) is -1.91. The number of hydrogen-bond acceptors (Lipinski definition) is 8. The van der Waals surface area contributed by atoms with Crippen LogP contribution in [0.25, 0.3) is 0 Å². The molecule has 0 bridgehead atoms. The maximum atomic E-state index is 13.2. The molecule has 0 heterocycles. The summed E-state index contributed by atoms with van der Waals surface area (Å²) in [6, 6.07) is -3.81. The van der Waals surface area contributed by atoms with Gasteiger partial charge in [-0.1, -0.05) is 20.3 Å². The van der Waals surface area contributed by atoms with E-state index in [9.17, 15) is 24.3 Å². The van der Waals surface area contributed by atoms with Gasteiger partial charge >= 0.3 is 5.97 Å².